The van der Waals surface area contributed by atoms with Crippen LogP contribution in [0.4, 0.5) is 0 Å². The summed E-state index contributed by atoms with van der Waals surface area (Å²) in [6.07, 6.45) is 0. The third-order valence-corrected chi connectivity index (χ3v) is 5.05. The zero-order chi connectivity index (χ0) is 20.6. The van der Waals surface area contributed by atoms with Crippen molar-refractivity contribution in [3.8, 4) is 0 Å². The van der Waals surface area contributed by atoms with Crippen LogP contribution in [0, 0.1) is 0 Å². The summed E-state index contributed by atoms with van der Waals surface area (Å²) in [5, 5.41) is 8.89. The number of fused-ring (bicyclic) bond motifs is 1. The van der Waals surface area contributed by atoms with Crippen LogP contribution in [-0.2, 0) is 11.3 Å². The van der Waals surface area contributed by atoms with Crippen LogP contribution in [0.5, 0.6) is 0 Å². The van der Waals surface area contributed by atoms with Crippen molar-refractivity contribution in [3.05, 3.63) is 48.0 Å². The predicted molar refractivity (Wildman–Crippen MR) is 120 cm³/mol. The number of carbonyl (C=O) groups excluding carboxylic acids is 1. The van der Waals surface area contributed by atoms with Crippen LogP contribution in [0.25, 0.3) is 10.8 Å². The minimum absolute atomic E-state index is 0.102. The van der Waals surface area contributed by atoms with Crippen LogP contribution in [-0.4, -0.2) is 67.0 Å². The molecule has 1 aliphatic heterocycles. The first-order valence-electron chi connectivity index (χ1n) is 10.6. The lowest BCUT2D eigenvalue weighted by molar-refractivity contribution is -0.123. The molecule has 1 aliphatic rings. The standard InChI is InChI=1S/C23H33N5O/c1-4-24-23(25-16-19-9-10-20-7-5-6-8-21(20)15-19)28-13-11-27(12-14-28)17-22(29)26-18(2)3/h5-10,15,18H,4,11-14,16-17H2,1-3H3,(H,24,25)(H,26,29). The van der Waals surface area contributed by atoms with Gasteiger partial charge < -0.3 is 15.5 Å². The number of nitrogens with one attached hydrogen (secondary N) is 2. The van der Waals surface area contributed by atoms with Gasteiger partial charge in [0.2, 0.25) is 5.91 Å². The number of amides is 1. The number of rotatable bonds is 6. The van der Waals surface area contributed by atoms with Crippen molar-refractivity contribution in [2.75, 3.05) is 39.3 Å². The monoisotopic (exact) mass is 395 g/mol. The molecule has 0 bridgehead atoms. The lowest BCUT2D eigenvalue weighted by Gasteiger charge is -2.36. The first-order valence-corrected chi connectivity index (χ1v) is 10.6. The molecule has 2 N–H and O–H groups in total. The molecular formula is C23H33N5O. The highest BCUT2D eigenvalue weighted by molar-refractivity contribution is 5.83. The van der Waals surface area contributed by atoms with Crippen molar-refractivity contribution in [1.82, 2.24) is 20.4 Å². The maximum Gasteiger partial charge on any atom is 0.234 e. The van der Waals surface area contributed by atoms with Gasteiger partial charge in [-0.3, -0.25) is 9.69 Å². The lowest BCUT2D eigenvalue weighted by atomic mass is 10.1. The van der Waals surface area contributed by atoms with Gasteiger partial charge in [-0.1, -0.05) is 36.4 Å². The SMILES string of the molecule is CCNC(=NCc1ccc2ccccc2c1)N1CCN(CC(=O)NC(C)C)CC1. The van der Waals surface area contributed by atoms with Crippen LogP contribution in [0.3, 0.4) is 0 Å². The number of piperazine rings is 1. The number of benzene rings is 2. The molecule has 0 radical (unpaired) electrons. The third kappa shape index (κ3) is 6.19. The van der Waals surface area contributed by atoms with Crippen LogP contribution < -0.4 is 10.6 Å². The van der Waals surface area contributed by atoms with Gasteiger partial charge in [-0.2, -0.15) is 0 Å². The highest BCUT2D eigenvalue weighted by Crippen LogP contribution is 2.16. The molecule has 156 valence electrons. The highest BCUT2D eigenvalue weighted by atomic mass is 16.2. The second-order valence-corrected chi connectivity index (χ2v) is 7.84. The number of nitrogens with zero attached hydrogens (tertiary/aromatic N) is 3. The van der Waals surface area contributed by atoms with E-state index in [9.17, 15) is 4.79 Å². The van der Waals surface area contributed by atoms with Crippen LogP contribution in [0.15, 0.2) is 47.5 Å². The first-order chi connectivity index (χ1) is 14.0. The Hall–Kier alpha value is -2.60. The second kappa shape index (κ2) is 10.3. The molecule has 1 fully saturated rings. The molecule has 1 saturated heterocycles. The average Bonchev–Trinajstić information content (AvgIpc) is 2.71. The van der Waals surface area contributed by atoms with E-state index in [-0.39, 0.29) is 11.9 Å². The van der Waals surface area contributed by atoms with Crippen molar-refractivity contribution in [2.45, 2.75) is 33.4 Å². The molecule has 6 heteroatoms. The first kappa shape index (κ1) is 21.1. The van der Waals surface area contributed by atoms with Gasteiger partial charge in [0.15, 0.2) is 5.96 Å². The molecule has 2 aromatic rings. The van der Waals surface area contributed by atoms with E-state index in [1.165, 1.54) is 16.3 Å². The number of hydrogen-bond donors (Lipinski definition) is 2. The fourth-order valence-electron chi connectivity index (χ4n) is 3.62. The third-order valence-electron chi connectivity index (χ3n) is 5.05. The zero-order valence-electron chi connectivity index (χ0n) is 17.8. The van der Waals surface area contributed by atoms with E-state index < -0.39 is 0 Å². The average molecular weight is 396 g/mol. The van der Waals surface area contributed by atoms with Gasteiger partial charge in [-0.25, -0.2) is 4.99 Å². The summed E-state index contributed by atoms with van der Waals surface area (Å²) in [4.78, 5) is 21.4. The van der Waals surface area contributed by atoms with Gasteiger partial charge in [-0.05, 0) is 43.2 Å². The van der Waals surface area contributed by atoms with Gasteiger partial charge in [0.25, 0.3) is 0 Å². The number of guanidine groups is 1. The van der Waals surface area contributed by atoms with Gasteiger partial charge in [0, 0.05) is 38.8 Å². The molecule has 29 heavy (non-hydrogen) atoms. The van der Waals surface area contributed by atoms with Crippen molar-refractivity contribution >= 4 is 22.6 Å². The van der Waals surface area contributed by atoms with Crippen LogP contribution in [0.1, 0.15) is 26.3 Å². The summed E-state index contributed by atoms with van der Waals surface area (Å²) in [5.41, 5.74) is 1.21. The molecule has 0 aromatic heterocycles. The molecule has 2 aromatic carbocycles. The van der Waals surface area contributed by atoms with Crippen molar-refractivity contribution < 1.29 is 4.79 Å². The zero-order valence-corrected chi connectivity index (χ0v) is 17.8. The molecule has 0 aliphatic carbocycles. The highest BCUT2D eigenvalue weighted by Gasteiger charge is 2.21. The Labute approximate surface area is 174 Å². The van der Waals surface area contributed by atoms with E-state index in [1.54, 1.807) is 0 Å². The molecular weight excluding hydrogens is 362 g/mol. The predicted octanol–water partition coefficient (Wildman–Crippen LogP) is 2.45. The van der Waals surface area contributed by atoms with Crippen molar-refractivity contribution in [1.29, 1.82) is 0 Å². The molecule has 0 atom stereocenters. The van der Waals surface area contributed by atoms with E-state index >= 15 is 0 Å². The Morgan fingerprint density at radius 3 is 2.48 bits per heavy atom. The smallest absolute Gasteiger partial charge is 0.234 e. The number of hydrogen-bond acceptors (Lipinski definition) is 3. The Kier molecular flexibility index (Phi) is 7.47. The molecule has 3 rings (SSSR count). The molecule has 0 spiro atoms. The molecule has 1 amide bonds. The quantitative estimate of drug-likeness (QED) is 0.583. The molecule has 1 heterocycles. The molecule has 6 nitrogen and oxygen atoms in total. The van der Waals surface area contributed by atoms with E-state index in [0.717, 1.165) is 38.7 Å². The topological polar surface area (TPSA) is 60.0 Å². The van der Waals surface area contributed by atoms with Crippen LogP contribution >= 0.6 is 0 Å². The Morgan fingerprint density at radius 1 is 1.07 bits per heavy atom. The fourth-order valence-corrected chi connectivity index (χ4v) is 3.62. The summed E-state index contributed by atoms with van der Waals surface area (Å²) in [6.45, 7) is 11.5. The van der Waals surface area contributed by atoms with Gasteiger partial charge >= 0.3 is 0 Å². The molecule has 0 unspecified atom stereocenters. The van der Waals surface area contributed by atoms with Crippen LogP contribution in [0.2, 0.25) is 0 Å². The minimum Gasteiger partial charge on any atom is -0.357 e. The van der Waals surface area contributed by atoms with Crippen molar-refractivity contribution in [3.63, 3.8) is 0 Å². The summed E-state index contributed by atoms with van der Waals surface area (Å²) < 4.78 is 0. The van der Waals surface area contributed by atoms with Crippen molar-refractivity contribution in [2.24, 2.45) is 4.99 Å². The van der Waals surface area contributed by atoms with E-state index in [2.05, 4.69) is 69.8 Å². The van der Waals surface area contributed by atoms with Gasteiger partial charge in [0.1, 0.15) is 0 Å². The largest absolute Gasteiger partial charge is 0.357 e. The normalized spacial score (nSPS) is 15.7. The summed E-state index contributed by atoms with van der Waals surface area (Å²) in [5.74, 6) is 1.05. The Bertz CT molecular complexity index is 840. The second-order valence-electron chi connectivity index (χ2n) is 7.84. The molecule has 0 saturated carbocycles. The Morgan fingerprint density at radius 2 is 1.79 bits per heavy atom. The van der Waals surface area contributed by atoms with Gasteiger partial charge in [0.05, 0.1) is 13.1 Å². The summed E-state index contributed by atoms with van der Waals surface area (Å²) >= 11 is 0. The fraction of sp³-hybridized carbons (Fsp3) is 0.478. The summed E-state index contributed by atoms with van der Waals surface area (Å²) in [6, 6.07) is 15.1. The van der Waals surface area contributed by atoms with Gasteiger partial charge in [-0.15, -0.1) is 0 Å². The van der Waals surface area contributed by atoms with E-state index in [0.29, 0.717) is 13.1 Å². The lowest BCUT2D eigenvalue weighted by Crippen LogP contribution is -2.54. The minimum atomic E-state index is 0.102. The summed E-state index contributed by atoms with van der Waals surface area (Å²) in [7, 11) is 0. The van der Waals surface area contributed by atoms with E-state index in [1.807, 2.05) is 13.8 Å². The maximum atomic E-state index is 12.0. The maximum absolute atomic E-state index is 12.0. The number of aliphatic imine (C=N–C) groups is 1. The van der Waals surface area contributed by atoms with E-state index in [4.69, 9.17) is 4.99 Å². The number of carbonyl (C=O) groups is 1. The Balaban J connectivity index is 1.58.